The van der Waals surface area contributed by atoms with Gasteiger partial charge >= 0.3 is 6.03 Å². The van der Waals surface area contributed by atoms with Crippen LogP contribution in [0.5, 0.6) is 0 Å². The zero-order chi connectivity index (χ0) is 18.1. The smallest absolute Gasteiger partial charge is 0.317 e. The average molecular weight is 358 g/mol. The van der Waals surface area contributed by atoms with E-state index in [4.69, 9.17) is 5.73 Å². The lowest BCUT2D eigenvalue weighted by Gasteiger charge is -2.35. The number of nitrogens with one attached hydrogen (secondary N) is 1. The van der Waals surface area contributed by atoms with E-state index in [1.54, 1.807) is 0 Å². The first-order valence-corrected chi connectivity index (χ1v) is 9.95. The van der Waals surface area contributed by atoms with Gasteiger partial charge in [-0.05, 0) is 37.5 Å². The lowest BCUT2D eigenvalue weighted by Crippen LogP contribution is -2.52. The summed E-state index contributed by atoms with van der Waals surface area (Å²) in [6.45, 7) is 5.74. The molecule has 7 nitrogen and oxygen atoms in total. The number of anilines is 2. The Morgan fingerprint density at radius 3 is 2.65 bits per heavy atom. The molecular weight excluding hydrogens is 328 g/mol. The van der Waals surface area contributed by atoms with Gasteiger partial charge in [0, 0.05) is 44.5 Å². The molecule has 3 N–H and O–H groups in total. The van der Waals surface area contributed by atoms with Crippen molar-refractivity contribution in [3.63, 3.8) is 0 Å². The maximum Gasteiger partial charge on any atom is 0.317 e. The fraction of sp³-hybridized carbons (Fsp3) is 0.737. The van der Waals surface area contributed by atoms with Gasteiger partial charge in [0.15, 0.2) is 0 Å². The molecule has 2 saturated carbocycles. The van der Waals surface area contributed by atoms with Gasteiger partial charge in [0.05, 0.1) is 0 Å². The molecule has 1 saturated heterocycles. The van der Waals surface area contributed by atoms with E-state index in [2.05, 4.69) is 20.2 Å². The van der Waals surface area contributed by atoms with E-state index in [1.807, 2.05) is 17.9 Å². The minimum absolute atomic E-state index is 0.0842. The Kier molecular flexibility index (Phi) is 4.63. The molecule has 142 valence electrons. The van der Waals surface area contributed by atoms with Crippen LogP contribution in [0.25, 0.3) is 0 Å². The Balaban J connectivity index is 1.24. The van der Waals surface area contributed by atoms with Gasteiger partial charge in [0.1, 0.15) is 5.82 Å². The number of nitrogen functional groups attached to an aromatic ring is 1. The second-order valence-electron chi connectivity index (χ2n) is 8.21. The van der Waals surface area contributed by atoms with Crippen LogP contribution < -0.4 is 16.0 Å². The Hall–Kier alpha value is -2.05. The fourth-order valence-electron chi connectivity index (χ4n) is 4.79. The van der Waals surface area contributed by atoms with Crippen LogP contribution in [-0.4, -0.2) is 53.6 Å². The van der Waals surface area contributed by atoms with Crippen molar-refractivity contribution in [2.45, 2.75) is 45.4 Å². The molecule has 1 aromatic rings. The van der Waals surface area contributed by atoms with Crippen molar-refractivity contribution in [2.75, 3.05) is 43.4 Å². The largest absolute Gasteiger partial charge is 0.368 e. The van der Waals surface area contributed by atoms with E-state index in [9.17, 15) is 4.79 Å². The first kappa shape index (κ1) is 17.4. The van der Waals surface area contributed by atoms with E-state index < -0.39 is 0 Å². The summed E-state index contributed by atoms with van der Waals surface area (Å²) < 4.78 is 0. The molecule has 1 aromatic heterocycles. The quantitative estimate of drug-likeness (QED) is 0.865. The third-order valence-electron chi connectivity index (χ3n) is 6.46. The predicted molar refractivity (Wildman–Crippen MR) is 102 cm³/mol. The van der Waals surface area contributed by atoms with E-state index in [-0.39, 0.29) is 6.03 Å². The maximum atomic E-state index is 12.5. The summed E-state index contributed by atoms with van der Waals surface area (Å²) >= 11 is 0. The third kappa shape index (κ3) is 3.57. The Labute approximate surface area is 155 Å². The van der Waals surface area contributed by atoms with Gasteiger partial charge < -0.3 is 20.9 Å². The number of urea groups is 1. The summed E-state index contributed by atoms with van der Waals surface area (Å²) in [7, 11) is 0. The summed E-state index contributed by atoms with van der Waals surface area (Å²) in [4.78, 5) is 25.0. The zero-order valence-electron chi connectivity index (χ0n) is 15.7. The average Bonchev–Trinajstić information content (AvgIpc) is 3.31. The number of aryl methyl sites for hydroxylation is 1. The lowest BCUT2D eigenvalue weighted by atomic mass is 9.84. The fourth-order valence-corrected chi connectivity index (χ4v) is 4.79. The van der Waals surface area contributed by atoms with E-state index in [0.717, 1.165) is 31.1 Å². The van der Waals surface area contributed by atoms with Crippen LogP contribution in [0.15, 0.2) is 6.07 Å². The third-order valence-corrected chi connectivity index (χ3v) is 6.46. The van der Waals surface area contributed by atoms with Crippen LogP contribution in [0.2, 0.25) is 0 Å². The molecule has 2 amide bonds. The molecule has 2 aliphatic carbocycles. The highest BCUT2D eigenvalue weighted by Crippen LogP contribution is 2.60. The molecule has 3 aliphatic rings. The Bertz CT molecular complexity index is 644. The molecule has 3 fully saturated rings. The Morgan fingerprint density at radius 1 is 1.23 bits per heavy atom. The van der Waals surface area contributed by atoms with E-state index in [1.165, 1.54) is 38.5 Å². The number of nitrogens with two attached hydrogens (primary N) is 1. The van der Waals surface area contributed by atoms with Gasteiger partial charge in [-0.1, -0.05) is 19.3 Å². The number of carbonyl (C=O) groups excluding carboxylic acids is 1. The summed E-state index contributed by atoms with van der Waals surface area (Å²) in [5.41, 5.74) is 7.20. The van der Waals surface area contributed by atoms with E-state index >= 15 is 0 Å². The lowest BCUT2D eigenvalue weighted by molar-refractivity contribution is 0.192. The van der Waals surface area contributed by atoms with Crippen LogP contribution in [0.3, 0.4) is 0 Å². The molecule has 1 unspecified atom stereocenters. The van der Waals surface area contributed by atoms with Crippen molar-refractivity contribution in [2.24, 2.45) is 11.3 Å². The van der Waals surface area contributed by atoms with Crippen LogP contribution in [0.1, 0.15) is 44.2 Å². The number of amides is 2. The molecule has 0 radical (unpaired) electrons. The Morgan fingerprint density at radius 2 is 1.96 bits per heavy atom. The molecule has 4 rings (SSSR count). The highest BCUT2D eigenvalue weighted by atomic mass is 16.2. The van der Waals surface area contributed by atoms with E-state index in [0.29, 0.717) is 30.4 Å². The highest BCUT2D eigenvalue weighted by molar-refractivity contribution is 5.74. The van der Waals surface area contributed by atoms with Gasteiger partial charge in [-0.15, -0.1) is 0 Å². The summed E-state index contributed by atoms with van der Waals surface area (Å²) in [6.07, 6.45) is 8.19. The number of nitrogens with zero attached hydrogens (tertiary/aromatic N) is 4. The van der Waals surface area contributed by atoms with Gasteiger partial charge in [-0.2, -0.15) is 4.98 Å². The first-order valence-electron chi connectivity index (χ1n) is 9.95. The number of rotatable bonds is 3. The summed E-state index contributed by atoms with van der Waals surface area (Å²) in [5, 5.41) is 3.18. The van der Waals surface area contributed by atoms with Crippen molar-refractivity contribution in [3.05, 3.63) is 11.8 Å². The molecule has 26 heavy (non-hydrogen) atoms. The van der Waals surface area contributed by atoms with Crippen molar-refractivity contribution in [1.82, 2.24) is 20.2 Å². The number of piperazine rings is 1. The number of carbonyl (C=O) groups is 1. The SMILES string of the molecule is Cc1cc(N2CCN(C(=O)NCC3CC34CCCCC4)CC2)nc(N)n1. The molecule has 0 bridgehead atoms. The van der Waals surface area contributed by atoms with Gasteiger partial charge in [-0.25, -0.2) is 9.78 Å². The highest BCUT2D eigenvalue weighted by Gasteiger charge is 2.53. The maximum absolute atomic E-state index is 12.5. The predicted octanol–water partition coefficient (Wildman–Crippen LogP) is 2.17. The second-order valence-corrected chi connectivity index (χ2v) is 8.21. The first-order chi connectivity index (χ1) is 12.6. The van der Waals surface area contributed by atoms with Crippen LogP contribution in [-0.2, 0) is 0 Å². The summed E-state index contributed by atoms with van der Waals surface area (Å²) in [5.74, 6) is 1.87. The summed E-state index contributed by atoms with van der Waals surface area (Å²) in [6, 6.07) is 2.03. The van der Waals surface area contributed by atoms with Crippen molar-refractivity contribution in [3.8, 4) is 0 Å². The second kappa shape index (κ2) is 6.93. The molecular formula is C19H30N6O. The topological polar surface area (TPSA) is 87.4 Å². The number of hydrogen-bond donors (Lipinski definition) is 2. The standard InChI is InChI=1S/C19H30N6O/c1-14-11-16(23-17(20)22-14)24-7-9-25(10-8-24)18(26)21-13-15-12-19(15)5-3-2-4-6-19/h11,15H,2-10,12-13H2,1H3,(H,21,26)(H2,20,22,23). The molecule has 1 spiro atoms. The minimum Gasteiger partial charge on any atom is -0.368 e. The van der Waals surface area contributed by atoms with Gasteiger partial charge in [-0.3, -0.25) is 0 Å². The normalized spacial score (nSPS) is 24.6. The molecule has 0 aromatic carbocycles. The van der Waals surface area contributed by atoms with Crippen LogP contribution >= 0.6 is 0 Å². The van der Waals surface area contributed by atoms with Gasteiger partial charge in [0.2, 0.25) is 5.95 Å². The van der Waals surface area contributed by atoms with Crippen molar-refractivity contribution >= 4 is 17.8 Å². The van der Waals surface area contributed by atoms with Crippen LogP contribution in [0, 0.1) is 18.3 Å². The monoisotopic (exact) mass is 358 g/mol. The zero-order valence-corrected chi connectivity index (χ0v) is 15.7. The van der Waals surface area contributed by atoms with Crippen LogP contribution in [0.4, 0.5) is 16.6 Å². The number of aromatic nitrogens is 2. The molecule has 7 heteroatoms. The molecule has 2 heterocycles. The molecule has 1 aliphatic heterocycles. The minimum atomic E-state index is 0.0842. The van der Waals surface area contributed by atoms with Gasteiger partial charge in [0.25, 0.3) is 0 Å². The molecule has 1 atom stereocenters. The number of hydrogen-bond acceptors (Lipinski definition) is 5. The van der Waals surface area contributed by atoms with Crippen molar-refractivity contribution in [1.29, 1.82) is 0 Å². The van der Waals surface area contributed by atoms with Crippen molar-refractivity contribution < 1.29 is 4.79 Å².